The molecule has 2 bridgehead atoms. The van der Waals surface area contributed by atoms with Crippen molar-refractivity contribution in [1.82, 2.24) is 20.5 Å². The summed E-state index contributed by atoms with van der Waals surface area (Å²) in [6, 6.07) is 0. The van der Waals surface area contributed by atoms with E-state index in [1.54, 1.807) is 18.9 Å². The number of hydrogen-bond acceptors (Lipinski definition) is 6. The van der Waals surface area contributed by atoms with Gasteiger partial charge in [-0.2, -0.15) is 0 Å². The summed E-state index contributed by atoms with van der Waals surface area (Å²) in [6.07, 6.45) is 3.48. The fraction of sp³-hybridized carbons (Fsp3) is 0.571. The molecule has 22 heavy (non-hydrogen) atoms. The molecule has 8 heteroatoms. The Balaban J connectivity index is 1.53. The summed E-state index contributed by atoms with van der Waals surface area (Å²) < 4.78 is 10.5. The summed E-state index contributed by atoms with van der Waals surface area (Å²) in [5.74, 6) is -1.18. The van der Waals surface area contributed by atoms with Gasteiger partial charge >= 0.3 is 0 Å². The first kappa shape index (κ1) is 13.4. The zero-order chi connectivity index (χ0) is 15.5. The summed E-state index contributed by atoms with van der Waals surface area (Å²) in [4.78, 5) is 26.6. The Morgan fingerprint density at radius 2 is 2.36 bits per heavy atom. The van der Waals surface area contributed by atoms with Gasteiger partial charge in [-0.05, 0) is 6.92 Å². The third-order valence-electron chi connectivity index (χ3n) is 4.77. The largest absolute Gasteiger partial charge is 0.360 e. The first-order valence-corrected chi connectivity index (χ1v) is 7.20. The van der Waals surface area contributed by atoms with Gasteiger partial charge in [-0.15, -0.1) is 0 Å². The number of nitrogens with zero attached hydrogens (tertiary/aromatic N) is 3. The van der Waals surface area contributed by atoms with E-state index in [4.69, 9.17) is 4.74 Å². The molecular formula is C14H16N4O4. The fourth-order valence-corrected chi connectivity index (χ4v) is 3.69. The van der Waals surface area contributed by atoms with E-state index in [2.05, 4.69) is 20.3 Å². The van der Waals surface area contributed by atoms with Crippen LogP contribution in [0.2, 0.25) is 0 Å². The van der Waals surface area contributed by atoms with Crippen LogP contribution in [0.15, 0.2) is 16.8 Å². The van der Waals surface area contributed by atoms with Gasteiger partial charge in [0.25, 0.3) is 0 Å². The second-order valence-electron chi connectivity index (χ2n) is 6.11. The quantitative estimate of drug-likeness (QED) is 0.749. The van der Waals surface area contributed by atoms with Gasteiger partial charge in [-0.25, -0.2) is 4.63 Å². The third kappa shape index (κ3) is 1.67. The van der Waals surface area contributed by atoms with Crippen LogP contribution >= 0.6 is 0 Å². The van der Waals surface area contributed by atoms with E-state index < -0.39 is 17.4 Å². The summed E-state index contributed by atoms with van der Waals surface area (Å²) in [5, 5.41) is 10.2. The van der Waals surface area contributed by atoms with Crippen LogP contribution in [-0.4, -0.2) is 52.3 Å². The smallest absolute Gasteiger partial charge is 0.229 e. The van der Waals surface area contributed by atoms with Crippen molar-refractivity contribution < 1.29 is 19.0 Å². The molecule has 4 atom stereocenters. The maximum absolute atomic E-state index is 12.6. The van der Waals surface area contributed by atoms with Crippen LogP contribution < -0.4 is 5.32 Å². The molecule has 3 aliphatic heterocycles. The molecule has 3 aliphatic rings. The Kier molecular flexibility index (Phi) is 2.68. The molecule has 1 aromatic rings. The molecule has 4 rings (SSSR count). The topological polar surface area (TPSA) is 97.6 Å². The Bertz CT molecular complexity index is 684. The number of carbonyl (C=O) groups excluding carboxylic acids is 2. The van der Waals surface area contributed by atoms with Crippen molar-refractivity contribution in [2.45, 2.75) is 25.2 Å². The summed E-state index contributed by atoms with van der Waals surface area (Å²) in [7, 11) is 1.74. The van der Waals surface area contributed by atoms with Gasteiger partial charge in [0.15, 0.2) is 0 Å². The highest BCUT2D eigenvalue weighted by atomic mass is 16.6. The number of carbonyl (C=O) groups is 2. The van der Waals surface area contributed by atoms with Crippen LogP contribution in [0.3, 0.4) is 0 Å². The van der Waals surface area contributed by atoms with Gasteiger partial charge in [0.1, 0.15) is 17.0 Å². The van der Waals surface area contributed by atoms with E-state index in [1.165, 1.54) is 0 Å². The van der Waals surface area contributed by atoms with E-state index in [-0.39, 0.29) is 24.5 Å². The van der Waals surface area contributed by atoms with Gasteiger partial charge in [-0.3, -0.25) is 9.59 Å². The van der Waals surface area contributed by atoms with Crippen LogP contribution in [0.5, 0.6) is 0 Å². The maximum Gasteiger partial charge on any atom is 0.229 e. The summed E-state index contributed by atoms with van der Waals surface area (Å²) >= 11 is 0. The van der Waals surface area contributed by atoms with Gasteiger partial charge in [0.05, 0.1) is 31.0 Å². The van der Waals surface area contributed by atoms with Crippen molar-refractivity contribution in [3.05, 3.63) is 23.5 Å². The molecule has 0 saturated carbocycles. The maximum atomic E-state index is 12.6. The number of hydrogen-bond donors (Lipinski definition) is 1. The Labute approximate surface area is 126 Å². The molecule has 2 amide bonds. The molecule has 2 saturated heterocycles. The minimum Gasteiger partial charge on any atom is -0.360 e. The van der Waals surface area contributed by atoms with Crippen molar-refractivity contribution in [3.63, 3.8) is 0 Å². The average molecular weight is 304 g/mol. The lowest BCUT2D eigenvalue weighted by atomic mass is 9.77. The number of amides is 2. The van der Waals surface area contributed by atoms with E-state index in [1.807, 2.05) is 12.2 Å². The second kappa shape index (κ2) is 4.39. The molecule has 0 aromatic carbocycles. The lowest BCUT2D eigenvalue weighted by Gasteiger charge is -2.23. The molecule has 8 nitrogen and oxygen atoms in total. The Morgan fingerprint density at radius 3 is 3.09 bits per heavy atom. The van der Waals surface area contributed by atoms with Crippen molar-refractivity contribution in [2.75, 3.05) is 13.6 Å². The van der Waals surface area contributed by atoms with Crippen LogP contribution in [0.4, 0.5) is 0 Å². The molecule has 0 unspecified atom stereocenters. The van der Waals surface area contributed by atoms with Gasteiger partial charge < -0.3 is 15.0 Å². The number of ether oxygens (including phenoxy) is 1. The van der Waals surface area contributed by atoms with Gasteiger partial charge in [0, 0.05) is 7.05 Å². The van der Waals surface area contributed by atoms with E-state index in [0.717, 1.165) is 0 Å². The number of fused-ring (bicyclic) bond motifs is 1. The van der Waals surface area contributed by atoms with E-state index >= 15 is 0 Å². The van der Waals surface area contributed by atoms with Gasteiger partial charge in [0.2, 0.25) is 11.8 Å². The van der Waals surface area contributed by atoms with Gasteiger partial charge in [-0.1, -0.05) is 22.5 Å². The Hall–Kier alpha value is -2.22. The molecule has 1 spiro atoms. The predicted molar refractivity (Wildman–Crippen MR) is 72.2 cm³/mol. The Morgan fingerprint density at radius 1 is 1.55 bits per heavy atom. The number of likely N-dealkylation sites (N-methyl/N-ethyl adjacent to an activating group) is 1. The molecule has 4 heterocycles. The number of nitrogens with one attached hydrogen (secondary N) is 1. The number of aromatic nitrogens is 2. The molecular weight excluding hydrogens is 288 g/mol. The average Bonchev–Trinajstić information content (AvgIpc) is 3.20. The summed E-state index contributed by atoms with van der Waals surface area (Å²) in [5.41, 5.74) is 0.583. The summed E-state index contributed by atoms with van der Waals surface area (Å²) in [6.45, 7) is 2.48. The molecule has 0 radical (unpaired) electrons. The van der Waals surface area contributed by atoms with Crippen LogP contribution in [0.25, 0.3) is 0 Å². The minimum atomic E-state index is -0.635. The van der Waals surface area contributed by atoms with E-state index in [0.29, 0.717) is 17.9 Å². The highest BCUT2D eigenvalue weighted by molar-refractivity contribution is 5.92. The lowest BCUT2D eigenvalue weighted by molar-refractivity contribution is -0.136. The molecule has 1 N–H and O–H groups in total. The second-order valence-corrected chi connectivity index (χ2v) is 6.11. The number of rotatable bonds is 3. The van der Waals surface area contributed by atoms with Crippen LogP contribution in [0.1, 0.15) is 11.4 Å². The molecule has 2 fully saturated rings. The highest BCUT2D eigenvalue weighted by Crippen LogP contribution is 2.51. The minimum absolute atomic E-state index is 0.0358. The molecule has 1 aromatic heterocycles. The lowest BCUT2D eigenvalue weighted by Crippen LogP contribution is -2.43. The predicted octanol–water partition coefficient (Wildman–Crippen LogP) is -0.594. The zero-order valence-electron chi connectivity index (χ0n) is 12.3. The molecule has 116 valence electrons. The first-order valence-electron chi connectivity index (χ1n) is 7.20. The van der Waals surface area contributed by atoms with Crippen molar-refractivity contribution >= 4 is 11.8 Å². The standard InChI is InChI=1S/C14H16N4O4/c1-7-8(17-22-16-7)5-15-12(19)10-9-3-4-14(21-9)6-18(2)13(20)11(10)14/h3-4,9-11H,5-6H2,1-2H3,(H,15,19)/t9-,10-,11+,14-/m1/s1. The molecule has 0 aliphatic carbocycles. The third-order valence-corrected chi connectivity index (χ3v) is 4.77. The fourth-order valence-electron chi connectivity index (χ4n) is 3.69. The van der Waals surface area contributed by atoms with Crippen LogP contribution in [0, 0.1) is 18.8 Å². The monoisotopic (exact) mass is 304 g/mol. The zero-order valence-corrected chi connectivity index (χ0v) is 12.3. The highest BCUT2D eigenvalue weighted by Gasteiger charge is 2.66. The van der Waals surface area contributed by atoms with E-state index in [9.17, 15) is 9.59 Å². The number of aryl methyl sites for hydroxylation is 1. The van der Waals surface area contributed by atoms with Crippen molar-refractivity contribution in [2.24, 2.45) is 11.8 Å². The first-order chi connectivity index (χ1) is 10.5. The SMILES string of the molecule is Cc1nonc1CNC(=O)[C@H]1[C@H]2C(=O)N(C)C[C@]23C=C[C@H]1O3. The van der Waals surface area contributed by atoms with Crippen molar-refractivity contribution in [1.29, 1.82) is 0 Å². The van der Waals surface area contributed by atoms with Crippen LogP contribution in [-0.2, 0) is 20.9 Å². The normalized spacial score (nSPS) is 35.3. The number of likely N-dealkylation sites (tertiary alicyclic amines) is 1. The van der Waals surface area contributed by atoms with Crippen molar-refractivity contribution in [3.8, 4) is 0 Å².